The first kappa shape index (κ1) is 16.8. The number of carbonyl (C=O) groups is 4. The van der Waals surface area contributed by atoms with Crippen molar-refractivity contribution in [2.75, 3.05) is 0 Å². The van der Waals surface area contributed by atoms with Crippen LogP contribution in [0, 0.1) is 0 Å². The van der Waals surface area contributed by atoms with Crippen LogP contribution in [0.2, 0.25) is 0 Å². The summed E-state index contributed by atoms with van der Waals surface area (Å²) in [5, 5.41) is 42.4. The summed E-state index contributed by atoms with van der Waals surface area (Å²) in [6.45, 7) is 0. The minimum atomic E-state index is -2.00. The molecular weight excluding hydrogens is 296 g/mol. The topological polar surface area (TPSA) is 161 Å². The smallest absolute Gasteiger partial charge is 0.545 e. The van der Waals surface area contributed by atoms with E-state index in [4.69, 9.17) is 0 Å². The molecule has 19 heavy (non-hydrogen) atoms. The van der Waals surface area contributed by atoms with Crippen molar-refractivity contribution in [3.63, 3.8) is 0 Å². The maximum absolute atomic E-state index is 10.6. The fourth-order valence-electron chi connectivity index (χ4n) is 1.28. The molecule has 0 heterocycles. The van der Waals surface area contributed by atoms with Crippen molar-refractivity contribution in [3.8, 4) is 0 Å². The van der Waals surface area contributed by atoms with E-state index in [2.05, 4.69) is 0 Å². The van der Waals surface area contributed by atoms with Crippen molar-refractivity contribution in [2.45, 2.75) is 0 Å². The van der Waals surface area contributed by atoms with Gasteiger partial charge in [0.2, 0.25) is 0 Å². The van der Waals surface area contributed by atoms with Gasteiger partial charge in [0.25, 0.3) is 0 Å². The Morgan fingerprint density at radius 1 is 0.579 bits per heavy atom. The van der Waals surface area contributed by atoms with Crippen molar-refractivity contribution in [1.29, 1.82) is 0 Å². The predicted octanol–water partition coefficient (Wildman–Crippen LogP) is -4.86. The molecule has 0 bridgehead atoms. The second kappa shape index (κ2) is 6.12. The number of hydrogen-bond donors (Lipinski definition) is 0. The molecule has 0 unspecified atom stereocenters. The molecule has 0 saturated heterocycles. The van der Waals surface area contributed by atoms with E-state index in [0.717, 1.165) is 0 Å². The number of benzene rings is 1. The third-order valence-corrected chi connectivity index (χ3v) is 2.04. The van der Waals surface area contributed by atoms with Crippen molar-refractivity contribution >= 4 is 23.9 Å². The number of carboxylic acids is 4. The van der Waals surface area contributed by atoms with Gasteiger partial charge in [-0.15, -0.1) is 0 Å². The standard InChI is InChI=1S/C10H6O8.Ti/c11-7(12)3-1-4(8(13)14)6(10(17)18)2-5(3)9(15)16;/h1-2H,(H,11,12)(H,13,14)(H,15,16)(H,17,18);/q;+4/p-4. The molecule has 0 aliphatic rings. The van der Waals surface area contributed by atoms with E-state index in [1.54, 1.807) is 0 Å². The third-order valence-electron chi connectivity index (χ3n) is 2.04. The Morgan fingerprint density at radius 3 is 0.842 bits per heavy atom. The van der Waals surface area contributed by atoms with E-state index in [1.807, 2.05) is 0 Å². The molecule has 0 radical (unpaired) electrons. The summed E-state index contributed by atoms with van der Waals surface area (Å²) in [4.78, 5) is 42.4. The molecule has 0 atom stereocenters. The summed E-state index contributed by atoms with van der Waals surface area (Å²) in [7, 11) is 0. The average Bonchev–Trinajstić information content (AvgIpc) is 2.26. The van der Waals surface area contributed by atoms with Crippen molar-refractivity contribution in [3.05, 3.63) is 34.4 Å². The van der Waals surface area contributed by atoms with Gasteiger partial charge in [0.1, 0.15) is 0 Å². The Hall–Kier alpha value is -2.19. The van der Waals surface area contributed by atoms with Crippen LogP contribution in [0.15, 0.2) is 12.1 Å². The molecule has 0 N–H and O–H groups in total. The van der Waals surface area contributed by atoms with Crippen molar-refractivity contribution < 1.29 is 61.3 Å². The quantitative estimate of drug-likeness (QED) is 0.500. The average molecular weight is 298 g/mol. The number of hydrogen-bond acceptors (Lipinski definition) is 8. The van der Waals surface area contributed by atoms with Gasteiger partial charge in [0.15, 0.2) is 0 Å². The minimum absolute atomic E-state index is 0. The van der Waals surface area contributed by atoms with Crippen LogP contribution in [0.1, 0.15) is 41.4 Å². The Balaban J connectivity index is 0.00000324. The molecule has 0 aromatic heterocycles. The molecule has 94 valence electrons. The van der Waals surface area contributed by atoms with Gasteiger partial charge in [-0.2, -0.15) is 0 Å². The molecule has 0 saturated carbocycles. The molecular formula is C10H2O8Ti. The molecule has 1 aromatic rings. The maximum atomic E-state index is 10.6. The van der Waals surface area contributed by atoms with Crippen molar-refractivity contribution in [2.24, 2.45) is 0 Å². The van der Waals surface area contributed by atoms with Crippen LogP contribution in [-0.2, 0) is 21.7 Å². The van der Waals surface area contributed by atoms with E-state index in [-0.39, 0.29) is 21.7 Å². The molecule has 9 heteroatoms. The van der Waals surface area contributed by atoms with Crippen LogP contribution >= 0.6 is 0 Å². The molecule has 0 aliphatic heterocycles. The molecule has 8 nitrogen and oxygen atoms in total. The van der Waals surface area contributed by atoms with Gasteiger partial charge in [-0.1, -0.05) is 0 Å². The third kappa shape index (κ3) is 3.40. The molecule has 0 spiro atoms. The first-order chi connectivity index (χ1) is 8.25. The SMILES string of the molecule is O=C([O-])c1cc(C(=O)[O-])c(C(=O)[O-])cc1C(=O)[O-].[Ti+4]. The van der Waals surface area contributed by atoms with Gasteiger partial charge in [-0.25, -0.2) is 0 Å². The van der Waals surface area contributed by atoms with Crippen LogP contribution < -0.4 is 20.4 Å². The maximum Gasteiger partial charge on any atom is 4.00 e. The van der Waals surface area contributed by atoms with Crippen LogP contribution in [0.25, 0.3) is 0 Å². The minimum Gasteiger partial charge on any atom is -0.545 e. The van der Waals surface area contributed by atoms with E-state index in [0.29, 0.717) is 12.1 Å². The summed E-state index contributed by atoms with van der Waals surface area (Å²) >= 11 is 0. The van der Waals surface area contributed by atoms with E-state index in [1.165, 1.54) is 0 Å². The molecule has 0 amide bonds. The summed E-state index contributed by atoms with van der Waals surface area (Å²) in [5.41, 5.74) is -4.11. The zero-order valence-corrected chi connectivity index (χ0v) is 10.5. The van der Waals surface area contributed by atoms with Crippen LogP contribution in [0.3, 0.4) is 0 Å². The largest absolute Gasteiger partial charge is 4.00 e. The predicted molar refractivity (Wildman–Crippen MR) is 43.8 cm³/mol. The van der Waals surface area contributed by atoms with Crippen LogP contribution in [0.4, 0.5) is 0 Å². The number of rotatable bonds is 4. The van der Waals surface area contributed by atoms with Crippen LogP contribution in [-0.4, -0.2) is 23.9 Å². The zero-order valence-electron chi connectivity index (χ0n) is 8.92. The first-order valence-corrected chi connectivity index (χ1v) is 4.29. The Kier molecular flexibility index (Phi) is 5.42. The molecule has 1 rings (SSSR count). The summed E-state index contributed by atoms with van der Waals surface area (Å²) in [5.74, 6) is -7.99. The van der Waals surface area contributed by atoms with Crippen molar-refractivity contribution in [1.82, 2.24) is 0 Å². The van der Waals surface area contributed by atoms with Gasteiger partial charge in [0.05, 0.1) is 23.9 Å². The monoisotopic (exact) mass is 298 g/mol. The molecule has 1 aromatic carbocycles. The van der Waals surface area contributed by atoms with Gasteiger partial charge in [-0.3, -0.25) is 0 Å². The number of aromatic carboxylic acids is 4. The van der Waals surface area contributed by atoms with Gasteiger partial charge < -0.3 is 39.6 Å². The molecule has 0 fully saturated rings. The number of carboxylic acid groups (broad SMARTS) is 4. The fraction of sp³-hybridized carbons (Fsp3) is 0. The summed E-state index contributed by atoms with van der Waals surface area (Å²) < 4.78 is 0. The van der Waals surface area contributed by atoms with E-state index >= 15 is 0 Å². The number of carbonyl (C=O) groups excluding carboxylic acids is 4. The van der Waals surface area contributed by atoms with E-state index in [9.17, 15) is 39.6 Å². The first-order valence-electron chi connectivity index (χ1n) is 4.29. The van der Waals surface area contributed by atoms with E-state index < -0.39 is 46.1 Å². The van der Waals surface area contributed by atoms with Gasteiger partial charge in [0, 0.05) is 22.3 Å². The summed E-state index contributed by atoms with van der Waals surface area (Å²) in [6, 6.07) is 0.613. The Labute approximate surface area is 120 Å². The summed E-state index contributed by atoms with van der Waals surface area (Å²) in [6.07, 6.45) is 0. The van der Waals surface area contributed by atoms with Gasteiger partial charge in [-0.05, 0) is 12.1 Å². The Bertz CT molecular complexity index is 479. The normalized spacial score (nSPS) is 9.26. The second-order valence-corrected chi connectivity index (χ2v) is 3.09. The van der Waals surface area contributed by atoms with Gasteiger partial charge >= 0.3 is 21.7 Å². The fourth-order valence-corrected chi connectivity index (χ4v) is 1.28. The zero-order chi connectivity index (χ0) is 14.0. The Morgan fingerprint density at radius 2 is 0.737 bits per heavy atom. The second-order valence-electron chi connectivity index (χ2n) is 3.09. The van der Waals surface area contributed by atoms with Crippen LogP contribution in [0.5, 0.6) is 0 Å². The molecule has 0 aliphatic carbocycles.